The van der Waals surface area contributed by atoms with Gasteiger partial charge in [0.1, 0.15) is 0 Å². The Morgan fingerprint density at radius 3 is 2.63 bits per heavy atom. The highest BCUT2D eigenvalue weighted by Crippen LogP contribution is 2.35. The Kier molecular flexibility index (Phi) is 4.57. The third-order valence-electron chi connectivity index (χ3n) is 4.83. The number of hydrogen-bond donors (Lipinski definition) is 1. The minimum atomic E-state index is -0.204. The van der Waals surface area contributed by atoms with Crippen LogP contribution in [0.25, 0.3) is 0 Å². The number of nitrogens with one attached hydrogen (secondary N) is 1. The van der Waals surface area contributed by atoms with Gasteiger partial charge in [-0.1, -0.05) is 11.6 Å². The van der Waals surface area contributed by atoms with Gasteiger partial charge in [-0.25, -0.2) is 0 Å². The fourth-order valence-corrected chi connectivity index (χ4v) is 3.62. The van der Waals surface area contributed by atoms with Gasteiger partial charge in [-0.05, 0) is 51.5 Å². The summed E-state index contributed by atoms with van der Waals surface area (Å²) in [7, 11) is 0. The lowest BCUT2D eigenvalue weighted by molar-refractivity contribution is -0.179. The molecule has 1 spiro atoms. The molecule has 2 fully saturated rings. The van der Waals surface area contributed by atoms with E-state index in [1.807, 2.05) is 0 Å². The molecular weight excluding hydrogens is 238 g/mol. The van der Waals surface area contributed by atoms with Gasteiger partial charge in [-0.2, -0.15) is 0 Å². The van der Waals surface area contributed by atoms with Crippen LogP contribution in [0.15, 0.2) is 11.6 Å². The van der Waals surface area contributed by atoms with E-state index in [-0.39, 0.29) is 5.79 Å². The molecule has 1 saturated heterocycles. The van der Waals surface area contributed by atoms with Crippen LogP contribution < -0.4 is 5.32 Å². The lowest BCUT2D eigenvalue weighted by Crippen LogP contribution is -2.42. The van der Waals surface area contributed by atoms with Crippen LogP contribution in [0.3, 0.4) is 0 Å². The second-order valence-corrected chi connectivity index (χ2v) is 6.19. The molecule has 0 radical (unpaired) electrons. The maximum atomic E-state index is 5.77. The van der Waals surface area contributed by atoms with Crippen molar-refractivity contribution in [1.29, 1.82) is 0 Å². The summed E-state index contributed by atoms with van der Waals surface area (Å²) in [6.45, 7) is 2.71. The average molecular weight is 265 g/mol. The van der Waals surface area contributed by atoms with E-state index in [0.717, 1.165) is 32.6 Å². The Hall–Kier alpha value is -0.380. The smallest absolute Gasteiger partial charge is 0.168 e. The first-order valence-electron chi connectivity index (χ1n) is 8.06. The van der Waals surface area contributed by atoms with Gasteiger partial charge in [0.05, 0.1) is 13.2 Å². The van der Waals surface area contributed by atoms with Crippen molar-refractivity contribution < 1.29 is 9.47 Å². The normalized spacial score (nSPS) is 27.7. The van der Waals surface area contributed by atoms with Gasteiger partial charge in [0.25, 0.3) is 0 Å². The summed E-state index contributed by atoms with van der Waals surface area (Å²) in [4.78, 5) is 0. The third kappa shape index (κ3) is 3.59. The lowest BCUT2D eigenvalue weighted by atomic mass is 9.90. The van der Waals surface area contributed by atoms with Crippen LogP contribution in [0.5, 0.6) is 0 Å². The molecule has 3 rings (SSSR count). The Morgan fingerprint density at radius 1 is 1.16 bits per heavy atom. The van der Waals surface area contributed by atoms with Gasteiger partial charge in [0, 0.05) is 18.9 Å². The standard InChI is InChI=1S/C16H27NO2/c1-2-4-14(5-3-1)8-11-17-15-6-9-16(10-7-15)18-12-13-19-16/h4,15,17H,1-3,5-13H2. The lowest BCUT2D eigenvalue weighted by Gasteiger charge is -2.35. The largest absolute Gasteiger partial charge is 0.348 e. The van der Waals surface area contributed by atoms with E-state index in [1.165, 1.54) is 44.9 Å². The van der Waals surface area contributed by atoms with E-state index < -0.39 is 0 Å². The van der Waals surface area contributed by atoms with E-state index in [0.29, 0.717) is 6.04 Å². The molecule has 0 unspecified atom stereocenters. The van der Waals surface area contributed by atoms with E-state index in [2.05, 4.69) is 11.4 Å². The van der Waals surface area contributed by atoms with Crippen LogP contribution in [0.2, 0.25) is 0 Å². The zero-order chi connectivity index (χ0) is 13.0. The summed E-state index contributed by atoms with van der Waals surface area (Å²) in [6.07, 6.45) is 13.6. The zero-order valence-electron chi connectivity index (χ0n) is 12.0. The Balaban J connectivity index is 1.34. The molecule has 0 atom stereocenters. The second kappa shape index (κ2) is 6.38. The highest BCUT2D eigenvalue weighted by molar-refractivity contribution is 5.05. The Bertz CT molecular complexity index is 311. The van der Waals surface area contributed by atoms with Crippen molar-refractivity contribution in [2.24, 2.45) is 0 Å². The first-order valence-corrected chi connectivity index (χ1v) is 8.06. The highest BCUT2D eigenvalue weighted by Gasteiger charge is 2.39. The fourth-order valence-electron chi connectivity index (χ4n) is 3.62. The highest BCUT2D eigenvalue weighted by atomic mass is 16.7. The van der Waals surface area contributed by atoms with Crippen LogP contribution in [0, 0.1) is 0 Å². The van der Waals surface area contributed by atoms with Gasteiger partial charge in [0.15, 0.2) is 5.79 Å². The summed E-state index contributed by atoms with van der Waals surface area (Å²) >= 11 is 0. The third-order valence-corrected chi connectivity index (χ3v) is 4.83. The molecule has 3 nitrogen and oxygen atoms in total. The molecule has 1 aliphatic heterocycles. The van der Waals surface area contributed by atoms with E-state index in [1.54, 1.807) is 5.57 Å². The Morgan fingerprint density at radius 2 is 1.95 bits per heavy atom. The molecule has 2 aliphatic carbocycles. The molecular formula is C16H27NO2. The summed E-state index contributed by atoms with van der Waals surface area (Å²) in [5.74, 6) is -0.204. The predicted molar refractivity (Wildman–Crippen MR) is 76.1 cm³/mol. The summed E-state index contributed by atoms with van der Waals surface area (Å²) in [5, 5.41) is 3.72. The van der Waals surface area contributed by atoms with Gasteiger partial charge in [-0.15, -0.1) is 0 Å². The molecule has 0 aromatic carbocycles. The molecule has 0 aromatic rings. The van der Waals surface area contributed by atoms with E-state index in [4.69, 9.17) is 9.47 Å². The SMILES string of the molecule is C1=C(CCNC2CCC3(CC2)OCCO3)CCCC1. The number of allylic oxidation sites excluding steroid dienone is 1. The predicted octanol–water partition coefficient (Wildman–Crippen LogP) is 3.15. The van der Waals surface area contributed by atoms with Gasteiger partial charge in [-0.3, -0.25) is 0 Å². The van der Waals surface area contributed by atoms with Crippen molar-refractivity contribution in [2.45, 2.75) is 69.6 Å². The summed E-state index contributed by atoms with van der Waals surface area (Å²) in [6, 6.07) is 0.669. The Labute approximate surface area is 116 Å². The molecule has 3 heteroatoms. The van der Waals surface area contributed by atoms with Gasteiger partial charge >= 0.3 is 0 Å². The van der Waals surface area contributed by atoms with Crippen molar-refractivity contribution in [2.75, 3.05) is 19.8 Å². The van der Waals surface area contributed by atoms with Crippen molar-refractivity contribution >= 4 is 0 Å². The van der Waals surface area contributed by atoms with Crippen molar-refractivity contribution in [3.8, 4) is 0 Å². The van der Waals surface area contributed by atoms with Crippen LogP contribution in [-0.2, 0) is 9.47 Å². The first kappa shape index (κ1) is 13.6. The van der Waals surface area contributed by atoms with Gasteiger partial charge in [0.2, 0.25) is 0 Å². The van der Waals surface area contributed by atoms with Crippen LogP contribution in [0.4, 0.5) is 0 Å². The number of rotatable bonds is 4. The van der Waals surface area contributed by atoms with Gasteiger partial charge < -0.3 is 14.8 Å². The maximum Gasteiger partial charge on any atom is 0.168 e. The molecule has 0 amide bonds. The number of hydrogen-bond acceptors (Lipinski definition) is 3. The summed E-state index contributed by atoms with van der Waals surface area (Å²) < 4.78 is 11.5. The molecule has 0 aromatic heterocycles. The topological polar surface area (TPSA) is 30.5 Å². The minimum Gasteiger partial charge on any atom is -0.348 e. The zero-order valence-corrected chi connectivity index (χ0v) is 12.0. The minimum absolute atomic E-state index is 0.204. The molecule has 3 aliphatic rings. The van der Waals surface area contributed by atoms with Crippen LogP contribution in [-0.4, -0.2) is 31.6 Å². The fraction of sp³-hybridized carbons (Fsp3) is 0.875. The summed E-state index contributed by atoms with van der Waals surface area (Å²) in [5.41, 5.74) is 1.67. The van der Waals surface area contributed by atoms with Crippen molar-refractivity contribution in [3.63, 3.8) is 0 Å². The molecule has 1 heterocycles. The quantitative estimate of drug-likeness (QED) is 0.792. The monoisotopic (exact) mass is 265 g/mol. The molecule has 19 heavy (non-hydrogen) atoms. The molecule has 1 N–H and O–H groups in total. The van der Waals surface area contributed by atoms with E-state index >= 15 is 0 Å². The average Bonchev–Trinajstić information content (AvgIpc) is 2.91. The van der Waals surface area contributed by atoms with Crippen LogP contribution in [0.1, 0.15) is 57.8 Å². The van der Waals surface area contributed by atoms with E-state index in [9.17, 15) is 0 Å². The maximum absolute atomic E-state index is 5.77. The van der Waals surface area contributed by atoms with Crippen LogP contribution >= 0.6 is 0 Å². The molecule has 0 bridgehead atoms. The number of ether oxygens (including phenoxy) is 2. The van der Waals surface area contributed by atoms with Crippen molar-refractivity contribution in [3.05, 3.63) is 11.6 Å². The van der Waals surface area contributed by atoms with Crippen molar-refractivity contribution in [1.82, 2.24) is 5.32 Å². The first-order chi connectivity index (χ1) is 9.36. The molecule has 108 valence electrons. The second-order valence-electron chi connectivity index (χ2n) is 6.19. The molecule has 1 saturated carbocycles.